The van der Waals surface area contributed by atoms with Gasteiger partial charge in [-0.15, -0.1) is 0 Å². The minimum Gasteiger partial charge on any atom is -0.395 e. The fourth-order valence-corrected chi connectivity index (χ4v) is 3.27. The summed E-state index contributed by atoms with van der Waals surface area (Å²) in [5.41, 5.74) is 0.892. The summed E-state index contributed by atoms with van der Waals surface area (Å²) in [6.07, 6.45) is 0.513. The van der Waals surface area contributed by atoms with Gasteiger partial charge in [0.25, 0.3) is 0 Å². The van der Waals surface area contributed by atoms with Crippen LogP contribution in [0.5, 0.6) is 0 Å². The molecule has 1 rings (SSSR count). The van der Waals surface area contributed by atoms with Crippen LogP contribution in [0.2, 0.25) is 5.02 Å². The van der Waals surface area contributed by atoms with Gasteiger partial charge in [0.1, 0.15) is 4.90 Å². The monoisotopic (exact) mass is 277 g/mol. The minimum atomic E-state index is -3.67. The van der Waals surface area contributed by atoms with Crippen LogP contribution in [-0.4, -0.2) is 26.2 Å². The third-order valence-corrected chi connectivity index (χ3v) is 4.42. The molecule has 0 bridgehead atoms. The smallest absolute Gasteiger partial charge is 0.242 e. The molecule has 0 heterocycles. The van der Waals surface area contributed by atoms with Gasteiger partial charge in [0.15, 0.2) is 0 Å². The second-order valence-electron chi connectivity index (χ2n) is 3.84. The molecule has 1 aromatic rings. The van der Waals surface area contributed by atoms with Gasteiger partial charge in [-0.05, 0) is 31.0 Å². The van der Waals surface area contributed by atoms with Crippen molar-refractivity contribution in [3.8, 4) is 0 Å². The summed E-state index contributed by atoms with van der Waals surface area (Å²) >= 11 is 5.90. The Bertz CT molecular complexity index is 483. The van der Waals surface area contributed by atoms with Crippen molar-refractivity contribution in [2.75, 3.05) is 6.61 Å². The third-order valence-electron chi connectivity index (χ3n) is 2.41. The molecule has 0 aromatic heterocycles. The second-order valence-corrected chi connectivity index (χ2v) is 5.93. The van der Waals surface area contributed by atoms with E-state index in [1.54, 1.807) is 19.1 Å². The van der Waals surface area contributed by atoms with Crippen LogP contribution in [0.15, 0.2) is 23.1 Å². The predicted octanol–water partition coefficient (Wildman–Crippen LogP) is 1.70. The van der Waals surface area contributed by atoms with Crippen LogP contribution in [0.1, 0.15) is 18.9 Å². The van der Waals surface area contributed by atoms with Gasteiger partial charge in [-0.1, -0.05) is 24.6 Å². The molecule has 1 atom stereocenters. The molecule has 0 radical (unpaired) electrons. The summed E-state index contributed by atoms with van der Waals surface area (Å²) in [5, 5.41) is 9.18. The summed E-state index contributed by atoms with van der Waals surface area (Å²) in [6, 6.07) is 4.25. The Hall–Kier alpha value is -0.620. The lowest BCUT2D eigenvalue weighted by atomic mass is 10.2. The number of aliphatic hydroxyl groups is 1. The van der Waals surface area contributed by atoms with E-state index in [4.69, 9.17) is 16.7 Å². The van der Waals surface area contributed by atoms with Crippen molar-refractivity contribution >= 4 is 21.6 Å². The van der Waals surface area contributed by atoms with Gasteiger partial charge >= 0.3 is 0 Å². The molecule has 0 unspecified atom stereocenters. The molecule has 0 saturated heterocycles. The summed E-state index contributed by atoms with van der Waals surface area (Å²) < 4.78 is 26.4. The Labute approximate surface area is 107 Å². The van der Waals surface area contributed by atoms with Crippen molar-refractivity contribution in [3.05, 3.63) is 28.8 Å². The summed E-state index contributed by atoms with van der Waals surface area (Å²) in [5.74, 6) is 0. The highest BCUT2D eigenvalue weighted by atomic mass is 35.5. The normalized spacial score (nSPS) is 13.6. The molecule has 0 aliphatic heterocycles. The maximum Gasteiger partial charge on any atom is 0.242 e. The molecule has 0 aliphatic rings. The number of rotatable bonds is 5. The van der Waals surface area contributed by atoms with Gasteiger partial charge in [0, 0.05) is 6.04 Å². The van der Waals surface area contributed by atoms with Gasteiger partial charge < -0.3 is 5.11 Å². The first-order chi connectivity index (χ1) is 7.90. The zero-order valence-electron chi connectivity index (χ0n) is 9.77. The van der Waals surface area contributed by atoms with E-state index in [1.807, 2.05) is 6.92 Å². The highest BCUT2D eigenvalue weighted by Crippen LogP contribution is 2.22. The van der Waals surface area contributed by atoms with Crippen LogP contribution >= 0.6 is 11.6 Å². The number of halogens is 1. The molecule has 0 aliphatic carbocycles. The van der Waals surface area contributed by atoms with Crippen LogP contribution < -0.4 is 4.72 Å². The van der Waals surface area contributed by atoms with E-state index >= 15 is 0 Å². The van der Waals surface area contributed by atoms with Crippen molar-refractivity contribution in [2.24, 2.45) is 0 Å². The highest BCUT2D eigenvalue weighted by Gasteiger charge is 2.21. The van der Waals surface area contributed by atoms with Crippen LogP contribution in [0, 0.1) is 6.92 Å². The molecule has 96 valence electrons. The van der Waals surface area contributed by atoms with Gasteiger partial charge in [-0.3, -0.25) is 0 Å². The number of benzene rings is 1. The molecule has 0 fully saturated rings. The summed E-state index contributed by atoms with van der Waals surface area (Å²) in [7, 11) is -3.67. The number of hydrogen-bond acceptors (Lipinski definition) is 3. The third kappa shape index (κ3) is 3.67. The Balaban J connectivity index is 3.05. The average Bonchev–Trinajstić information content (AvgIpc) is 2.25. The molecule has 17 heavy (non-hydrogen) atoms. The lowest BCUT2D eigenvalue weighted by Gasteiger charge is -2.15. The Morgan fingerprint density at radius 3 is 2.59 bits per heavy atom. The molecule has 0 amide bonds. The number of hydrogen-bond donors (Lipinski definition) is 2. The van der Waals surface area contributed by atoms with E-state index in [2.05, 4.69) is 4.72 Å². The molecule has 6 heteroatoms. The molecular weight excluding hydrogens is 262 g/mol. The molecule has 2 N–H and O–H groups in total. The maximum atomic E-state index is 12.0. The Morgan fingerprint density at radius 1 is 1.47 bits per heavy atom. The minimum absolute atomic E-state index is 0.0386. The zero-order valence-corrected chi connectivity index (χ0v) is 11.3. The lowest BCUT2D eigenvalue weighted by molar-refractivity contribution is 0.254. The standard InChI is InChI=1S/C11H16ClNO3S/c1-3-9(7-14)13-17(15,16)11-5-4-8(2)6-10(11)12/h4-6,9,13-14H,3,7H2,1-2H3/t9-/m0/s1. The van der Waals surface area contributed by atoms with E-state index in [0.717, 1.165) is 5.56 Å². The van der Waals surface area contributed by atoms with Crippen molar-refractivity contribution in [2.45, 2.75) is 31.2 Å². The molecule has 1 aromatic carbocycles. The summed E-state index contributed by atoms with van der Waals surface area (Å²) in [6.45, 7) is 3.39. The maximum absolute atomic E-state index is 12.0. The van der Waals surface area contributed by atoms with E-state index in [-0.39, 0.29) is 16.5 Å². The average molecular weight is 278 g/mol. The van der Waals surface area contributed by atoms with Crippen LogP contribution in [0.25, 0.3) is 0 Å². The van der Waals surface area contributed by atoms with Crippen molar-refractivity contribution < 1.29 is 13.5 Å². The zero-order chi connectivity index (χ0) is 13.1. The fraction of sp³-hybridized carbons (Fsp3) is 0.455. The van der Waals surface area contributed by atoms with Gasteiger partial charge in [-0.25, -0.2) is 13.1 Å². The lowest BCUT2D eigenvalue weighted by Crippen LogP contribution is -2.37. The molecule has 0 spiro atoms. The summed E-state index contributed by atoms with van der Waals surface area (Å²) in [4.78, 5) is 0.0386. The van der Waals surface area contributed by atoms with E-state index in [9.17, 15) is 8.42 Å². The topological polar surface area (TPSA) is 66.4 Å². The first-order valence-electron chi connectivity index (χ1n) is 5.30. The number of aryl methyl sites for hydroxylation is 1. The Morgan fingerprint density at radius 2 is 2.12 bits per heavy atom. The number of aliphatic hydroxyl groups excluding tert-OH is 1. The fourth-order valence-electron chi connectivity index (χ4n) is 1.36. The SMILES string of the molecule is CC[C@@H](CO)NS(=O)(=O)c1ccc(C)cc1Cl. The van der Waals surface area contributed by atoms with Crippen molar-refractivity contribution in [1.82, 2.24) is 4.72 Å². The van der Waals surface area contributed by atoms with Crippen molar-refractivity contribution in [1.29, 1.82) is 0 Å². The van der Waals surface area contributed by atoms with E-state index in [0.29, 0.717) is 6.42 Å². The van der Waals surface area contributed by atoms with Crippen molar-refractivity contribution in [3.63, 3.8) is 0 Å². The molecular formula is C11H16ClNO3S. The van der Waals surface area contributed by atoms with Gasteiger partial charge in [-0.2, -0.15) is 0 Å². The van der Waals surface area contributed by atoms with E-state index in [1.165, 1.54) is 6.07 Å². The van der Waals surface area contributed by atoms with E-state index < -0.39 is 16.1 Å². The number of nitrogens with one attached hydrogen (secondary N) is 1. The number of sulfonamides is 1. The van der Waals surface area contributed by atoms with Crippen LogP contribution in [0.3, 0.4) is 0 Å². The second kappa shape index (κ2) is 5.82. The highest BCUT2D eigenvalue weighted by molar-refractivity contribution is 7.89. The van der Waals surface area contributed by atoms with Crippen LogP contribution in [-0.2, 0) is 10.0 Å². The molecule has 4 nitrogen and oxygen atoms in total. The van der Waals surface area contributed by atoms with Crippen LogP contribution in [0.4, 0.5) is 0 Å². The predicted molar refractivity (Wildman–Crippen MR) is 67.7 cm³/mol. The molecule has 0 saturated carbocycles. The quantitative estimate of drug-likeness (QED) is 0.861. The van der Waals surface area contributed by atoms with Gasteiger partial charge in [0.05, 0.1) is 11.6 Å². The largest absolute Gasteiger partial charge is 0.395 e. The van der Waals surface area contributed by atoms with Gasteiger partial charge in [0.2, 0.25) is 10.0 Å². The first kappa shape index (κ1) is 14.4. The first-order valence-corrected chi connectivity index (χ1v) is 7.16. The Kier molecular flexibility index (Phi) is 4.94.